The number of piperidine rings is 1. The molecule has 0 bridgehead atoms. The highest BCUT2D eigenvalue weighted by atomic mass is 16.4. The van der Waals surface area contributed by atoms with Gasteiger partial charge in [0.1, 0.15) is 5.60 Å². The number of carboxylic acids is 1. The fourth-order valence-electron chi connectivity index (χ4n) is 4.10. The Hall–Kier alpha value is -1.88. The molecule has 2 aliphatic rings. The van der Waals surface area contributed by atoms with Crippen LogP contribution in [-0.4, -0.2) is 45.7 Å². The number of carbonyl (C=O) groups excluding carboxylic acids is 1. The highest BCUT2D eigenvalue weighted by molar-refractivity contribution is 5.87. The molecule has 5 heteroatoms. The van der Waals surface area contributed by atoms with E-state index in [1.807, 2.05) is 17.0 Å². The molecule has 1 aliphatic heterocycles. The number of carboxylic acid groups (broad SMARTS) is 1. The molecule has 136 valence electrons. The molecule has 0 spiro atoms. The van der Waals surface area contributed by atoms with E-state index in [0.717, 1.165) is 44.1 Å². The first kappa shape index (κ1) is 17.9. The lowest BCUT2D eigenvalue weighted by atomic mass is 9.82. The van der Waals surface area contributed by atoms with Crippen LogP contribution in [0, 0.1) is 5.92 Å². The Kier molecular flexibility index (Phi) is 5.42. The molecule has 1 aromatic carbocycles. The first-order valence-electron chi connectivity index (χ1n) is 9.32. The second-order valence-electron chi connectivity index (χ2n) is 7.53. The fourth-order valence-corrected chi connectivity index (χ4v) is 4.10. The molecule has 1 amide bonds. The monoisotopic (exact) mass is 345 g/mol. The molecule has 1 aromatic rings. The normalized spacial score (nSPS) is 21.1. The van der Waals surface area contributed by atoms with Gasteiger partial charge in [0.15, 0.2) is 0 Å². The summed E-state index contributed by atoms with van der Waals surface area (Å²) in [6, 6.07) is 7.06. The number of benzene rings is 1. The minimum absolute atomic E-state index is 0.0727. The number of nitrogens with zero attached hydrogens (tertiary/aromatic N) is 1. The third-order valence-electron chi connectivity index (χ3n) is 5.71. The van der Waals surface area contributed by atoms with E-state index in [1.54, 1.807) is 12.1 Å². The standard InChI is InChI=1S/C20H27NO4/c22-18(23)17-6-4-15(5-7-17)14-16-8-12-21(13-9-16)19(24)20(25)10-2-1-3-11-20/h4-7,16,25H,1-3,8-14H2,(H,22,23). The van der Waals surface area contributed by atoms with Crippen LogP contribution >= 0.6 is 0 Å². The van der Waals surface area contributed by atoms with E-state index < -0.39 is 11.6 Å². The van der Waals surface area contributed by atoms with Crippen molar-refractivity contribution in [2.75, 3.05) is 13.1 Å². The summed E-state index contributed by atoms with van der Waals surface area (Å²) in [4.78, 5) is 25.4. The largest absolute Gasteiger partial charge is 0.478 e. The zero-order chi connectivity index (χ0) is 17.9. The van der Waals surface area contributed by atoms with Crippen LogP contribution in [0.25, 0.3) is 0 Å². The molecule has 1 saturated heterocycles. The lowest BCUT2D eigenvalue weighted by Crippen LogP contribution is -2.52. The lowest BCUT2D eigenvalue weighted by Gasteiger charge is -2.39. The van der Waals surface area contributed by atoms with Gasteiger partial charge in [-0.1, -0.05) is 31.4 Å². The summed E-state index contributed by atoms with van der Waals surface area (Å²) in [7, 11) is 0. The molecule has 1 aliphatic carbocycles. The number of carbonyl (C=O) groups is 2. The van der Waals surface area contributed by atoms with E-state index in [4.69, 9.17) is 5.11 Å². The van der Waals surface area contributed by atoms with Crippen molar-refractivity contribution >= 4 is 11.9 Å². The van der Waals surface area contributed by atoms with E-state index in [9.17, 15) is 14.7 Å². The van der Waals surface area contributed by atoms with Crippen molar-refractivity contribution in [1.29, 1.82) is 0 Å². The van der Waals surface area contributed by atoms with Crippen molar-refractivity contribution in [3.63, 3.8) is 0 Å². The molecule has 0 unspecified atom stereocenters. The quantitative estimate of drug-likeness (QED) is 0.879. The first-order chi connectivity index (χ1) is 12.0. The Bertz CT molecular complexity index is 611. The summed E-state index contributed by atoms with van der Waals surface area (Å²) in [5, 5.41) is 19.6. The van der Waals surface area contributed by atoms with Crippen molar-refractivity contribution in [2.24, 2.45) is 5.92 Å². The summed E-state index contributed by atoms with van der Waals surface area (Å²) in [5.74, 6) is -0.476. The van der Waals surface area contributed by atoms with E-state index in [-0.39, 0.29) is 5.91 Å². The number of amides is 1. The molecule has 3 rings (SSSR count). The van der Waals surface area contributed by atoms with Crippen molar-refractivity contribution in [1.82, 2.24) is 4.90 Å². The molecule has 1 saturated carbocycles. The average Bonchev–Trinajstić information content (AvgIpc) is 2.63. The van der Waals surface area contributed by atoms with Gasteiger partial charge in [-0.15, -0.1) is 0 Å². The molecule has 2 fully saturated rings. The molecule has 2 N–H and O–H groups in total. The zero-order valence-electron chi connectivity index (χ0n) is 14.6. The molecule has 5 nitrogen and oxygen atoms in total. The van der Waals surface area contributed by atoms with E-state index >= 15 is 0 Å². The van der Waals surface area contributed by atoms with Gasteiger partial charge in [-0.05, 0) is 55.7 Å². The van der Waals surface area contributed by atoms with E-state index in [2.05, 4.69) is 0 Å². The van der Waals surface area contributed by atoms with Gasteiger partial charge in [-0.2, -0.15) is 0 Å². The fraction of sp³-hybridized carbons (Fsp3) is 0.600. The minimum atomic E-state index is -1.13. The van der Waals surface area contributed by atoms with Crippen LogP contribution in [0.1, 0.15) is 60.9 Å². The molecular formula is C20H27NO4. The van der Waals surface area contributed by atoms with Gasteiger partial charge < -0.3 is 15.1 Å². The van der Waals surface area contributed by atoms with Gasteiger partial charge in [-0.3, -0.25) is 4.79 Å². The second-order valence-corrected chi connectivity index (χ2v) is 7.53. The SMILES string of the molecule is O=C(O)c1ccc(CC2CCN(C(=O)C3(O)CCCCC3)CC2)cc1. The number of aromatic carboxylic acids is 1. The van der Waals surface area contributed by atoms with Crippen molar-refractivity contribution in [2.45, 2.75) is 57.0 Å². The molecule has 0 radical (unpaired) electrons. The summed E-state index contributed by atoms with van der Waals surface area (Å²) in [6.45, 7) is 1.41. The highest BCUT2D eigenvalue weighted by Gasteiger charge is 2.40. The predicted molar refractivity (Wildman–Crippen MR) is 94.4 cm³/mol. The van der Waals surface area contributed by atoms with Crippen LogP contribution in [0.3, 0.4) is 0 Å². The lowest BCUT2D eigenvalue weighted by molar-refractivity contribution is -0.156. The van der Waals surface area contributed by atoms with Gasteiger partial charge in [0.25, 0.3) is 5.91 Å². The van der Waals surface area contributed by atoms with Crippen LogP contribution in [0.4, 0.5) is 0 Å². The van der Waals surface area contributed by atoms with Gasteiger partial charge in [0.2, 0.25) is 0 Å². The van der Waals surface area contributed by atoms with E-state index in [0.29, 0.717) is 37.4 Å². The second kappa shape index (κ2) is 7.56. The first-order valence-corrected chi connectivity index (χ1v) is 9.32. The van der Waals surface area contributed by atoms with Crippen LogP contribution < -0.4 is 0 Å². The maximum absolute atomic E-state index is 12.7. The summed E-state index contributed by atoms with van der Waals surface area (Å²) < 4.78 is 0. The molecular weight excluding hydrogens is 318 g/mol. The van der Waals surface area contributed by atoms with Crippen molar-refractivity contribution in [3.05, 3.63) is 35.4 Å². The number of hydrogen-bond acceptors (Lipinski definition) is 3. The third-order valence-corrected chi connectivity index (χ3v) is 5.71. The minimum Gasteiger partial charge on any atom is -0.478 e. The molecule has 1 heterocycles. The van der Waals surface area contributed by atoms with Gasteiger partial charge in [0, 0.05) is 13.1 Å². The summed E-state index contributed by atoms with van der Waals surface area (Å²) in [5.41, 5.74) is 0.322. The Labute approximate surface area is 148 Å². The number of aliphatic hydroxyl groups is 1. The number of hydrogen-bond donors (Lipinski definition) is 2. The molecule has 0 atom stereocenters. The topological polar surface area (TPSA) is 77.8 Å². The zero-order valence-corrected chi connectivity index (χ0v) is 14.6. The number of likely N-dealkylation sites (tertiary alicyclic amines) is 1. The molecule has 0 aromatic heterocycles. The van der Waals surface area contributed by atoms with Crippen LogP contribution in [0.15, 0.2) is 24.3 Å². The Balaban J connectivity index is 1.51. The van der Waals surface area contributed by atoms with Crippen molar-refractivity contribution in [3.8, 4) is 0 Å². The third kappa shape index (κ3) is 4.21. The Morgan fingerprint density at radius 3 is 2.20 bits per heavy atom. The van der Waals surface area contributed by atoms with Crippen LogP contribution in [0.2, 0.25) is 0 Å². The smallest absolute Gasteiger partial charge is 0.335 e. The molecule has 25 heavy (non-hydrogen) atoms. The van der Waals surface area contributed by atoms with Gasteiger partial charge in [-0.25, -0.2) is 4.79 Å². The van der Waals surface area contributed by atoms with Crippen LogP contribution in [-0.2, 0) is 11.2 Å². The van der Waals surface area contributed by atoms with Gasteiger partial charge >= 0.3 is 5.97 Å². The maximum atomic E-state index is 12.7. The number of rotatable bonds is 4. The highest BCUT2D eigenvalue weighted by Crippen LogP contribution is 2.31. The van der Waals surface area contributed by atoms with Crippen LogP contribution in [0.5, 0.6) is 0 Å². The summed E-state index contributed by atoms with van der Waals surface area (Å²) >= 11 is 0. The maximum Gasteiger partial charge on any atom is 0.335 e. The predicted octanol–water partition coefficient (Wildman–Crippen LogP) is 2.86. The Morgan fingerprint density at radius 2 is 1.64 bits per heavy atom. The van der Waals surface area contributed by atoms with E-state index in [1.165, 1.54) is 0 Å². The van der Waals surface area contributed by atoms with Gasteiger partial charge in [0.05, 0.1) is 5.56 Å². The Morgan fingerprint density at radius 1 is 1.04 bits per heavy atom. The average molecular weight is 345 g/mol. The summed E-state index contributed by atoms with van der Waals surface area (Å²) in [6.07, 6.45) is 6.95. The van der Waals surface area contributed by atoms with Crippen molar-refractivity contribution < 1.29 is 19.8 Å².